The van der Waals surface area contributed by atoms with Gasteiger partial charge in [0.15, 0.2) is 0 Å². The molecule has 1 aromatic carbocycles. The molecule has 2 aromatic rings. The molecule has 0 spiro atoms. The average Bonchev–Trinajstić information content (AvgIpc) is 3.24. The maximum Gasteiger partial charge on any atom is 0.0917 e. The zero-order valence-electron chi connectivity index (χ0n) is 14.3. The van der Waals surface area contributed by atoms with Gasteiger partial charge in [0.2, 0.25) is 0 Å². The first-order chi connectivity index (χ1) is 10.7. The summed E-state index contributed by atoms with van der Waals surface area (Å²) in [6.07, 6.45) is 3.62. The van der Waals surface area contributed by atoms with Crippen LogP contribution < -0.4 is 10.6 Å². The first-order valence-corrected chi connectivity index (χ1v) is 8.46. The maximum atomic E-state index is 4.01. The van der Waals surface area contributed by atoms with Gasteiger partial charge in [-0.2, -0.15) is 0 Å². The summed E-state index contributed by atoms with van der Waals surface area (Å²) in [5.41, 5.74) is 5.22. The van der Waals surface area contributed by atoms with Gasteiger partial charge >= 0.3 is 0 Å². The third-order valence-corrected chi connectivity index (χ3v) is 3.96. The molecule has 0 unspecified atom stereocenters. The Balaban J connectivity index is 0.000000847. The predicted octanol–water partition coefficient (Wildman–Crippen LogP) is 4.38. The number of nitrogens with one attached hydrogen (secondary N) is 3. The van der Waals surface area contributed by atoms with Crippen molar-refractivity contribution in [2.24, 2.45) is 0 Å². The van der Waals surface area contributed by atoms with Gasteiger partial charge in [-0.25, -0.2) is 0 Å². The summed E-state index contributed by atoms with van der Waals surface area (Å²) in [7, 11) is 0. The maximum absolute atomic E-state index is 4.01. The Morgan fingerprint density at radius 1 is 1.27 bits per heavy atom. The van der Waals surface area contributed by atoms with Crippen molar-refractivity contribution in [1.29, 1.82) is 0 Å². The van der Waals surface area contributed by atoms with Gasteiger partial charge in [0.1, 0.15) is 0 Å². The van der Waals surface area contributed by atoms with Crippen LogP contribution in [0.4, 0.5) is 0 Å². The molecule has 22 heavy (non-hydrogen) atoms. The van der Waals surface area contributed by atoms with Crippen molar-refractivity contribution < 1.29 is 0 Å². The summed E-state index contributed by atoms with van der Waals surface area (Å²) in [6, 6.07) is 7.41. The van der Waals surface area contributed by atoms with Crippen molar-refractivity contribution in [2.75, 3.05) is 0 Å². The molecule has 1 fully saturated rings. The number of rotatable bonds is 6. The van der Waals surface area contributed by atoms with Gasteiger partial charge in [0.05, 0.1) is 12.4 Å². The second-order valence-electron chi connectivity index (χ2n) is 5.76. The van der Waals surface area contributed by atoms with Crippen LogP contribution in [0.5, 0.6) is 0 Å². The normalized spacial score (nSPS) is 13.5. The monoisotopic (exact) mass is 299 g/mol. The number of aromatic amines is 1. The van der Waals surface area contributed by atoms with Crippen molar-refractivity contribution in [3.05, 3.63) is 47.4 Å². The van der Waals surface area contributed by atoms with Crippen molar-refractivity contribution in [3.63, 3.8) is 0 Å². The highest BCUT2D eigenvalue weighted by molar-refractivity contribution is 5.82. The van der Waals surface area contributed by atoms with E-state index in [1.165, 1.54) is 40.6 Å². The number of aromatic nitrogens is 1. The fraction of sp³-hybridized carbons (Fsp3) is 0.474. The largest absolute Gasteiger partial charge is 0.370 e. The number of hydrogen-bond acceptors (Lipinski definition) is 2. The van der Waals surface area contributed by atoms with E-state index < -0.39 is 0 Å². The molecule has 3 rings (SSSR count). The SMILES string of the molecule is C=C(NCc1cc2cc(C)c(CC)cc2[nH]1)NC1CC1.CC. The molecule has 3 heteroatoms. The molecule has 0 aliphatic heterocycles. The molecule has 1 heterocycles. The fourth-order valence-corrected chi connectivity index (χ4v) is 2.60. The summed E-state index contributed by atoms with van der Waals surface area (Å²) in [5.74, 6) is 0.927. The molecule has 0 radical (unpaired) electrons. The standard InChI is InChI=1S/C17H23N3.C2H6/c1-4-13-9-17-14(7-11(13)2)8-16(20-17)10-18-12(3)19-15-5-6-15;1-2/h7-9,15,18-20H,3-6,10H2,1-2H3;1-2H3. The number of benzene rings is 1. The zero-order valence-corrected chi connectivity index (χ0v) is 14.3. The molecule has 0 atom stereocenters. The Labute approximate surface area is 134 Å². The fourth-order valence-electron chi connectivity index (χ4n) is 2.60. The highest BCUT2D eigenvalue weighted by Gasteiger charge is 2.20. The molecule has 1 aliphatic carbocycles. The van der Waals surface area contributed by atoms with Crippen molar-refractivity contribution in [3.8, 4) is 0 Å². The van der Waals surface area contributed by atoms with Crippen LogP contribution in [-0.2, 0) is 13.0 Å². The minimum absolute atomic E-state index is 0.646. The van der Waals surface area contributed by atoms with Crippen LogP contribution in [0.2, 0.25) is 0 Å². The molecule has 0 bridgehead atoms. The molecular formula is C19H29N3. The second kappa shape index (κ2) is 7.39. The third kappa shape index (κ3) is 4.06. The van der Waals surface area contributed by atoms with Crippen LogP contribution >= 0.6 is 0 Å². The second-order valence-corrected chi connectivity index (χ2v) is 5.76. The lowest BCUT2D eigenvalue weighted by Gasteiger charge is -2.10. The minimum atomic E-state index is 0.646. The topological polar surface area (TPSA) is 39.9 Å². The van der Waals surface area contributed by atoms with Crippen molar-refractivity contribution in [2.45, 2.75) is 59.5 Å². The van der Waals surface area contributed by atoms with E-state index in [2.05, 4.69) is 54.2 Å². The third-order valence-electron chi connectivity index (χ3n) is 3.96. The Kier molecular flexibility index (Phi) is 5.53. The lowest BCUT2D eigenvalue weighted by molar-refractivity contribution is 0.676. The highest BCUT2D eigenvalue weighted by atomic mass is 15.1. The lowest BCUT2D eigenvalue weighted by atomic mass is 10.0. The van der Waals surface area contributed by atoms with Crippen LogP contribution in [0.3, 0.4) is 0 Å². The van der Waals surface area contributed by atoms with Gasteiger partial charge in [-0.1, -0.05) is 27.4 Å². The van der Waals surface area contributed by atoms with Crippen LogP contribution in [0, 0.1) is 6.92 Å². The minimum Gasteiger partial charge on any atom is -0.370 e. The lowest BCUT2D eigenvalue weighted by Crippen LogP contribution is -2.26. The van der Waals surface area contributed by atoms with E-state index in [0.717, 1.165) is 18.8 Å². The van der Waals surface area contributed by atoms with Gasteiger partial charge in [0.25, 0.3) is 0 Å². The number of aryl methyl sites for hydroxylation is 2. The summed E-state index contributed by atoms with van der Waals surface area (Å²) >= 11 is 0. The van der Waals surface area contributed by atoms with E-state index in [4.69, 9.17) is 0 Å². The first-order valence-electron chi connectivity index (χ1n) is 8.46. The molecule has 0 amide bonds. The van der Waals surface area contributed by atoms with E-state index in [1.807, 2.05) is 13.8 Å². The van der Waals surface area contributed by atoms with Gasteiger partial charge < -0.3 is 15.6 Å². The summed E-state index contributed by atoms with van der Waals surface area (Å²) < 4.78 is 0. The number of fused-ring (bicyclic) bond motifs is 1. The summed E-state index contributed by atoms with van der Waals surface area (Å²) in [5, 5.41) is 7.99. The van der Waals surface area contributed by atoms with Crippen LogP contribution in [-0.4, -0.2) is 11.0 Å². The van der Waals surface area contributed by atoms with E-state index in [1.54, 1.807) is 0 Å². The molecule has 1 saturated carbocycles. The van der Waals surface area contributed by atoms with E-state index in [0.29, 0.717) is 6.04 Å². The highest BCUT2D eigenvalue weighted by Crippen LogP contribution is 2.22. The molecule has 0 saturated heterocycles. The number of H-pyrrole nitrogens is 1. The smallest absolute Gasteiger partial charge is 0.0917 e. The van der Waals surface area contributed by atoms with Gasteiger partial charge in [0, 0.05) is 17.3 Å². The van der Waals surface area contributed by atoms with Crippen LogP contribution in [0.1, 0.15) is 50.4 Å². The molecule has 1 aliphatic rings. The molecule has 3 N–H and O–H groups in total. The Morgan fingerprint density at radius 3 is 2.64 bits per heavy atom. The zero-order chi connectivity index (χ0) is 16.1. The first kappa shape index (κ1) is 16.5. The van der Waals surface area contributed by atoms with E-state index >= 15 is 0 Å². The van der Waals surface area contributed by atoms with Crippen LogP contribution in [0.25, 0.3) is 10.9 Å². The number of hydrogen-bond donors (Lipinski definition) is 3. The van der Waals surface area contributed by atoms with Crippen molar-refractivity contribution >= 4 is 10.9 Å². The Bertz CT molecular complexity index is 635. The Morgan fingerprint density at radius 2 is 2.00 bits per heavy atom. The summed E-state index contributed by atoms with van der Waals surface area (Å²) in [4.78, 5) is 3.49. The quantitative estimate of drug-likeness (QED) is 0.741. The van der Waals surface area contributed by atoms with Crippen LogP contribution in [0.15, 0.2) is 30.6 Å². The molecular weight excluding hydrogens is 270 g/mol. The van der Waals surface area contributed by atoms with Crippen molar-refractivity contribution in [1.82, 2.24) is 15.6 Å². The molecule has 1 aromatic heterocycles. The van der Waals surface area contributed by atoms with Gasteiger partial charge in [-0.15, -0.1) is 0 Å². The molecule has 3 nitrogen and oxygen atoms in total. The molecule has 120 valence electrons. The summed E-state index contributed by atoms with van der Waals surface area (Å²) in [6.45, 7) is 13.2. The predicted molar refractivity (Wildman–Crippen MR) is 95.9 cm³/mol. The van der Waals surface area contributed by atoms with Gasteiger partial charge in [-0.05, 0) is 60.9 Å². The van der Waals surface area contributed by atoms with E-state index in [-0.39, 0.29) is 0 Å². The Hall–Kier alpha value is -1.90. The van der Waals surface area contributed by atoms with Gasteiger partial charge in [-0.3, -0.25) is 0 Å². The van der Waals surface area contributed by atoms with E-state index in [9.17, 15) is 0 Å². The average molecular weight is 299 g/mol.